The number of nitrogens with two attached hydrogens (primary N) is 1. The van der Waals surface area contributed by atoms with Crippen LogP contribution >= 0.6 is 0 Å². The van der Waals surface area contributed by atoms with E-state index in [1.165, 1.54) is 13.0 Å². The number of hydrogen-bond donors (Lipinski definition) is 1. The summed E-state index contributed by atoms with van der Waals surface area (Å²) < 4.78 is 22.2. The fourth-order valence-electron chi connectivity index (χ4n) is 0.959. The lowest BCUT2D eigenvalue weighted by Crippen LogP contribution is -2.06. The van der Waals surface area contributed by atoms with Crippen molar-refractivity contribution in [2.24, 2.45) is 0 Å². The summed E-state index contributed by atoms with van der Waals surface area (Å²) in [5, 5.41) is 0. The Balaban J connectivity index is 3.34. The zero-order valence-electron chi connectivity index (χ0n) is 7.81. The third-order valence-corrected chi connectivity index (χ3v) is 2.73. The number of anilines is 1. The summed E-state index contributed by atoms with van der Waals surface area (Å²) in [6, 6.07) is 1.24. The minimum Gasteiger partial charge on any atom is -0.397 e. The Morgan fingerprint density at radius 1 is 1.50 bits per heavy atom. The van der Waals surface area contributed by atoms with Gasteiger partial charge in [-0.15, -0.1) is 0 Å². The highest BCUT2D eigenvalue weighted by atomic mass is 32.2. The molecule has 0 bridgehead atoms. The van der Waals surface area contributed by atoms with Crippen molar-refractivity contribution in [3.8, 4) is 0 Å². The maximum Gasteiger partial charge on any atom is 0.180 e. The van der Waals surface area contributed by atoms with Crippen LogP contribution in [0.5, 0.6) is 0 Å². The molecule has 5 nitrogen and oxygen atoms in total. The largest absolute Gasteiger partial charge is 0.397 e. The van der Waals surface area contributed by atoms with E-state index in [2.05, 4.69) is 4.98 Å². The lowest BCUT2D eigenvalue weighted by Gasteiger charge is -2.02. The number of sulfone groups is 1. The first-order valence-corrected chi connectivity index (χ1v) is 5.68. The summed E-state index contributed by atoms with van der Waals surface area (Å²) in [4.78, 5) is 14.6. The molecule has 0 unspecified atom stereocenters. The number of nitrogen functional groups attached to an aromatic ring is 1. The molecule has 0 saturated carbocycles. The van der Waals surface area contributed by atoms with Crippen molar-refractivity contribution in [3.05, 3.63) is 18.0 Å². The van der Waals surface area contributed by atoms with Crippen molar-refractivity contribution in [3.63, 3.8) is 0 Å². The van der Waals surface area contributed by atoms with Gasteiger partial charge in [0.15, 0.2) is 15.6 Å². The van der Waals surface area contributed by atoms with E-state index in [4.69, 9.17) is 5.73 Å². The number of nitrogens with zero attached hydrogens (tertiary/aromatic N) is 1. The molecule has 0 atom stereocenters. The molecule has 1 aromatic heterocycles. The predicted octanol–water partition coefficient (Wildman–Crippen LogP) is 0.270. The zero-order chi connectivity index (χ0) is 10.9. The average Bonchev–Trinajstić information content (AvgIpc) is 2.01. The second-order valence-electron chi connectivity index (χ2n) is 2.94. The Hall–Kier alpha value is -1.43. The summed E-state index contributed by atoms with van der Waals surface area (Å²) in [6.07, 6.45) is 2.18. The molecule has 14 heavy (non-hydrogen) atoms. The van der Waals surface area contributed by atoms with Crippen LogP contribution in [0.3, 0.4) is 0 Å². The standard InChI is InChI=1S/C8H10N2O3S/c1-5(11)8-7(9)3-6(4-10-8)14(2,12)13/h3-4H,9H2,1-2H3. The molecular formula is C8H10N2O3S. The van der Waals surface area contributed by atoms with E-state index in [1.54, 1.807) is 0 Å². The molecule has 0 amide bonds. The van der Waals surface area contributed by atoms with Gasteiger partial charge >= 0.3 is 0 Å². The molecule has 0 aliphatic carbocycles. The minimum absolute atomic E-state index is 0.0139. The molecule has 1 aromatic rings. The highest BCUT2D eigenvalue weighted by Gasteiger charge is 2.12. The quantitative estimate of drug-likeness (QED) is 0.713. The summed E-state index contributed by atoms with van der Waals surface area (Å²) >= 11 is 0. The molecule has 1 rings (SSSR count). The zero-order valence-corrected chi connectivity index (χ0v) is 8.63. The van der Waals surface area contributed by atoms with Gasteiger partial charge in [-0.3, -0.25) is 4.79 Å². The molecule has 0 aromatic carbocycles. The van der Waals surface area contributed by atoms with Crippen molar-refractivity contribution in [1.29, 1.82) is 0 Å². The van der Waals surface area contributed by atoms with E-state index in [9.17, 15) is 13.2 Å². The Labute approximate surface area is 81.9 Å². The lowest BCUT2D eigenvalue weighted by atomic mass is 10.2. The van der Waals surface area contributed by atoms with Gasteiger partial charge in [0, 0.05) is 19.4 Å². The van der Waals surface area contributed by atoms with E-state index in [-0.39, 0.29) is 22.1 Å². The fourth-order valence-corrected chi connectivity index (χ4v) is 1.54. The number of rotatable bonds is 2. The monoisotopic (exact) mass is 214 g/mol. The Morgan fingerprint density at radius 3 is 2.43 bits per heavy atom. The van der Waals surface area contributed by atoms with Gasteiger partial charge in [0.2, 0.25) is 0 Å². The lowest BCUT2D eigenvalue weighted by molar-refractivity contribution is 0.101. The molecule has 1 heterocycles. The highest BCUT2D eigenvalue weighted by molar-refractivity contribution is 7.90. The minimum atomic E-state index is -3.32. The molecule has 2 N–H and O–H groups in total. The number of pyridine rings is 1. The molecule has 0 saturated heterocycles. The second kappa shape index (κ2) is 3.38. The third-order valence-electron chi connectivity index (χ3n) is 1.65. The van der Waals surface area contributed by atoms with Crippen LogP contribution in [-0.4, -0.2) is 25.4 Å². The van der Waals surface area contributed by atoms with Gasteiger partial charge in [-0.2, -0.15) is 0 Å². The first-order valence-electron chi connectivity index (χ1n) is 3.79. The molecule has 0 fully saturated rings. The van der Waals surface area contributed by atoms with Crippen LogP contribution < -0.4 is 5.73 Å². The van der Waals surface area contributed by atoms with E-state index in [0.29, 0.717) is 0 Å². The maximum atomic E-state index is 11.1. The number of carbonyl (C=O) groups is 1. The van der Waals surface area contributed by atoms with Crippen LogP contribution in [0.2, 0.25) is 0 Å². The normalized spacial score (nSPS) is 11.3. The Morgan fingerprint density at radius 2 is 2.07 bits per heavy atom. The van der Waals surface area contributed by atoms with Gasteiger partial charge in [0.05, 0.1) is 10.6 Å². The van der Waals surface area contributed by atoms with Crippen LogP contribution in [-0.2, 0) is 9.84 Å². The molecule has 0 aliphatic rings. The topological polar surface area (TPSA) is 90.1 Å². The van der Waals surface area contributed by atoms with Gasteiger partial charge in [0.1, 0.15) is 5.69 Å². The van der Waals surface area contributed by atoms with Crippen molar-refractivity contribution >= 4 is 21.3 Å². The Kier molecular flexibility index (Phi) is 2.57. The molecule has 0 radical (unpaired) electrons. The van der Waals surface area contributed by atoms with Gasteiger partial charge in [-0.25, -0.2) is 13.4 Å². The molecule has 0 spiro atoms. The number of carbonyl (C=O) groups excluding carboxylic acids is 1. The number of aromatic nitrogens is 1. The summed E-state index contributed by atoms with van der Waals surface area (Å²) in [5.41, 5.74) is 5.65. The first kappa shape index (κ1) is 10.6. The van der Waals surface area contributed by atoms with E-state index in [1.807, 2.05) is 0 Å². The average molecular weight is 214 g/mol. The smallest absolute Gasteiger partial charge is 0.180 e. The van der Waals surface area contributed by atoms with Gasteiger partial charge in [-0.1, -0.05) is 0 Å². The van der Waals surface area contributed by atoms with Crippen molar-refractivity contribution in [1.82, 2.24) is 4.98 Å². The van der Waals surface area contributed by atoms with Crippen molar-refractivity contribution in [2.75, 3.05) is 12.0 Å². The first-order chi connectivity index (χ1) is 6.32. The van der Waals surface area contributed by atoms with Crippen LogP contribution in [0.1, 0.15) is 17.4 Å². The highest BCUT2D eigenvalue weighted by Crippen LogP contribution is 2.15. The molecular weight excluding hydrogens is 204 g/mol. The van der Waals surface area contributed by atoms with Crippen LogP contribution in [0.15, 0.2) is 17.2 Å². The van der Waals surface area contributed by atoms with Crippen LogP contribution in [0, 0.1) is 0 Å². The maximum absolute atomic E-state index is 11.1. The van der Waals surface area contributed by atoms with E-state index in [0.717, 1.165) is 12.5 Å². The second-order valence-corrected chi connectivity index (χ2v) is 4.95. The van der Waals surface area contributed by atoms with Gasteiger partial charge < -0.3 is 5.73 Å². The van der Waals surface area contributed by atoms with E-state index < -0.39 is 9.84 Å². The summed E-state index contributed by atoms with van der Waals surface area (Å²) in [5.74, 6) is -0.289. The third kappa shape index (κ3) is 2.08. The SMILES string of the molecule is CC(=O)c1ncc(S(C)(=O)=O)cc1N. The summed E-state index contributed by atoms with van der Waals surface area (Å²) in [6.45, 7) is 1.32. The van der Waals surface area contributed by atoms with Gasteiger partial charge in [-0.05, 0) is 6.07 Å². The molecule has 6 heteroatoms. The van der Waals surface area contributed by atoms with Crippen LogP contribution in [0.25, 0.3) is 0 Å². The van der Waals surface area contributed by atoms with Crippen molar-refractivity contribution in [2.45, 2.75) is 11.8 Å². The van der Waals surface area contributed by atoms with E-state index >= 15 is 0 Å². The fraction of sp³-hybridized carbons (Fsp3) is 0.250. The number of Topliss-reactive ketones (excluding diaryl/α,β-unsaturated/α-hetero) is 1. The van der Waals surface area contributed by atoms with Gasteiger partial charge in [0.25, 0.3) is 0 Å². The Bertz CT molecular complexity index is 479. The molecule has 76 valence electrons. The summed E-state index contributed by atoms with van der Waals surface area (Å²) in [7, 11) is -3.32. The predicted molar refractivity (Wildman–Crippen MR) is 51.8 cm³/mol. The van der Waals surface area contributed by atoms with Crippen molar-refractivity contribution < 1.29 is 13.2 Å². The number of ketones is 1. The molecule has 0 aliphatic heterocycles. The van der Waals surface area contributed by atoms with Crippen LogP contribution in [0.4, 0.5) is 5.69 Å². The number of hydrogen-bond acceptors (Lipinski definition) is 5.